The number of anilines is 1. The zero-order chi connectivity index (χ0) is 7.68. The summed E-state index contributed by atoms with van der Waals surface area (Å²) in [5.74, 6) is 0. The van der Waals surface area contributed by atoms with Crippen molar-refractivity contribution in [2.75, 3.05) is 18.0 Å². The number of aliphatic hydroxyl groups is 1. The number of halogens is 1. The molecular formula is C8H11ClN2O. The minimum absolute atomic E-state index is 0. The summed E-state index contributed by atoms with van der Waals surface area (Å²) >= 11 is 0. The molecule has 0 saturated carbocycles. The van der Waals surface area contributed by atoms with Crippen LogP contribution < -0.4 is 4.90 Å². The van der Waals surface area contributed by atoms with Gasteiger partial charge in [0, 0.05) is 31.2 Å². The maximum Gasteiger partial charge on any atom is 0.0889 e. The summed E-state index contributed by atoms with van der Waals surface area (Å²) in [5, 5.41) is 9.02. The van der Waals surface area contributed by atoms with Crippen LogP contribution in [0.5, 0.6) is 0 Å². The molecular weight excluding hydrogens is 176 g/mol. The fraction of sp³-hybridized carbons (Fsp3) is 0.375. The molecule has 0 radical (unpaired) electrons. The van der Waals surface area contributed by atoms with Gasteiger partial charge in [-0.2, -0.15) is 0 Å². The van der Waals surface area contributed by atoms with Crippen LogP contribution in [0.3, 0.4) is 0 Å². The Bertz CT molecular complexity index is 236. The maximum atomic E-state index is 9.02. The highest BCUT2D eigenvalue weighted by Crippen LogP contribution is 2.18. The van der Waals surface area contributed by atoms with Crippen LogP contribution >= 0.6 is 12.4 Å². The lowest BCUT2D eigenvalue weighted by atomic mass is 10.1. The number of pyridine rings is 1. The van der Waals surface area contributed by atoms with E-state index in [1.54, 1.807) is 12.4 Å². The van der Waals surface area contributed by atoms with E-state index in [0.717, 1.165) is 18.8 Å². The Morgan fingerprint density at radius 3 is 2.42 bits per heavy atom. The van der Waals surface area contributed by atoms with Gasteiger partial charge in [-0.05, 0) is 12.1 Å². The molecule has 0 spiro atoms. The monoisotopic (exact) mass is 186 g/mol. The van der Waals surface area contributed by atoms with Gasteiger partial charge in [-0.15, -0.1) is 12.4 Å². The SMILES string of the molecule is Cl.OC1CN(c2ccncc2)C1. The summed E-state index contributed by atoms with van der Waals surface area (Å²) < 4.78 is 0. The van der Waals surface area contributed by atoms with Crippen molar-refractivity contribution < 1.29 is 5.11 Å². The van der Waals surface area contributed by atoms with Gasteiger partial charge in [0.05, 0.1) is 6.10 Å². The minimum Gasteiger partial charge on any atom is -0.389 e. The highest BCUT2D eigenvalue weighted by atomic mass is 35.5. The van der Waals surface area contributed by atoms with E-state index in [1.807, 2.05) is 12.1 Å². The minimum atomic E-state index is -0.136. The highest BCUT2D eigenvalue weighted by Gasteiger charge is 2.23. The fourth-order valence-electron chi connectivity index (χ4n) is 1.22. The third kappa shape index (κ3) is 1.68. The first-order valence-corrected chi connectivity index (χ1v) is 3.69. The second-order valence-corrected chi connectivity index (χ2v) is 2.76. The summed E-state index contributed by atoms with van der Waals surface area (Å²) in [6.07, 6.45) is 3.39. The van der Waals surface area contributed by atoms with Gasteiger partial charge in [-0.1, -0.05) is 0 Å². The van der Waals surface area contributed by atoms with Crippen molar-refractivity contribution in [3.8, 4) is 0 Å². The molecule has 0 bridgehead atoms. The Balaban J connectivity index is 0.000000720. The van der Waals surface area contributed by atoms with Crippen molar-refractivity contribution in [2.24, 2.45) is 0 Å². The van der Waals surface area contributed by atoms with E-state index in [-0.39, 0.29) is 18.5 Å². The molecule has 1 aromatic heterocycles. The number of β-amino-alcohol motifs (C(OH)–C–C–N with tert-alkyl or cyclic N) is 1. The second kappa shape index (κ2) is 3.74. The van der Waals surface area contributed by atoms with Crippen LogP contribution in [0.4, 0.5) is 5.69 Å². The number of aromatic nitrogens is 1. The summed E-state index contributed by atoms with van der Waals surface area (Å²) in [5.41, 5.74) is 1.14. The quantitative estimate of drug-likeness (QED) is 0.701. The van der Waals surface area contributed by atoms with Crippen LogP contribution in [-0.4, -0.2) is 29.3 Å². The molecule has 1 aromatic rings. The standard InChI is InChI=1S/C8H10N2O.ClH/c11-8-5-10(6-8)7-1-3-9-4-2-7;/h1-4,8,11H,5-6H2;1H. The number of hydrogen-bond donors (Lipinski definition) is 1. The molecule has 66 valence electrons. The van der Waals surface area contributed by atoms with E-state index in [2.05, 4.69) is 9.88 Å². The van der Waals surface area contributed by atoms with Gasteiger partial charge in [0.2, 0.25) is 0 Å². The normalized spacial score (nSPS) is 16.6. The third-order valence-electron chi connectivity index (χ3n) is 1.89. The van der Waals surface area contributed by atoms with E-state index < -0.39 is 0 Å². The maximum absolute atomic E-state index is 9.02. The average Bonchev–Trinajstić information content (AvgIpc) is 2.01. The average molecular weight is 187 g/mol. The molecule has 1 fully saturated rings. The third-order valence-corrected chi connectivity index (χ3v) is 1.89. The van der Waals surface area contributed by atoms with Gasteiger partial charge in [-0.3, -0.25) is 4.98 Å². The number of nitrogens with zero attached hydrogens (tertiary/aromatic N) is 2. The van der Waals surface area contributed by atoms with Crippen LogP contribution in [0.25, 0.3) is 0 Å². The van der Waals surface area contributed by atoms with E-state index >= 15 is 0 Å². The molecule has 2 rings (SSSR count). The lowest BCUT2D eigenvalue weighted by Gasteiger charge is -2.37. The van der Waals surface area contributed by atoms with Crippen molar-refractivity contribution in [1.29, 1.82) is 0 Å². The molecule has 1 aliphatic heterocycles. The molecule has 12 heavy (non-hydrogen) atoms. The van der Waals surface area contributed by atoms with Gasteiger partial charge in [-0.25, -0.2) is 0 Å². The largest absolute Gasteiger partial charge is 0.389 e. The van der Waals surface area contributed by atoms with Gasteiger partial charge < -0.3 is 10.0 Å². The zero-order valence-electron chi connectivity index (χ0n) is 6.55. The first-order valence-electron chi connectivity index (χ1n) is 3.69. The van der Waals surface area contributed by atoms with Crippen LogP contribution in [0.15, 0.2) is 24.5 Å². The Morgan fingerprint density at radius 1 is 1.33 bits per heavy atom. The molecule has 1 aliphatic rings. The molecule has 0 aliphatic carbocycles. The molecule has 2 heterocycles. The Labute approximate surface area is 77.4 Å². The second-order valence-electron chi connectivity index (χ2n) is 2.76. The van der Waals surface area contributed by atoms with Crippen molar-refractivity contribution in [1.82, 2.24) is 4.98 Å². The number of rotatable bonds is 1. The number of aliphatic hydroxyl groups excluding tert-OH is 1. The van der Waals surface area contributed by atoms with Crippen LogP contribution in [0, 0.1) is 0 Å². The predicted molar refractivity (Wildman–Crippen MR) is 49.7 cm³/mol. The zero-order valence-corrected chi connectivity index (χ0v) is 7.37. The molecule has 0 aromatic carbocycles. The van der Waals surface area contributed by atoms with Crippen molar-refractivity contribution >= 4 is 18.1 Å². The summed E-state index contributed by atoms with van der Waals surface area (Å²) in [7, 11) is 0. The van der Waals surface area contributed by atoms with E-state index in [9.17, 15) is 0 Å². The van der Waals surface area contributed by atoms with Crippen LogP contribution in [0.2, 0.25) is 0 Å². The lowest BCUT2D eigenvalue weighted by molar-refractivity contribution is 0.142. The summed E-state index contributed by atoms with van der Waals surface area (Å²) in [4.78, 5) is 6.03. The molecule has 4 heteroatoms. The van der Waals surface area contributed by atoms with Gasteiger partial charge in [0.25, 0.3) is 0 Å². The molecule has 1 saturated heterocycles. The summed E-state index contributed by atoms with van der Waals surface area (Å²) in [6.45, 7) is 1.51. The lowest BCUT2D eigenvalue weighted by Crippen LogP contribution is -2.50. The van der Waals surface area contributed by atoms with Crippen LogP contribution in [0.1, 0.15) is 0 Å². The van der Waals surface area contributed by atoms with E-state index in [1.165, 1.54) is 0 Å². The Hall–Kier alpha value is -0.800. The van der Waals surface area contributed by atoms with Crippen molar-refractivity contribution in [3.05, 3.63) is 24.5 Å². The van der Waals surface area contributed by atoms with Gasteiger partial charge >= 0.3 is 0 Å². The topological polar surface area (TPSA) is 36.4 Å². The number of hydrogen-bond acceptors (Lipinski definition) is 3. The van der Waals surface area contributed by atoms with Crippen molar-refractivity contribution in [3.63, 3.8) is 0 Å². The molecule has 3 nitrogen and oxygen atoms in total. The first-order chi connectivity index (χ1) is 5.36. The Kier molecular flexibility index (Phi) is 2.89. The molecule has 1 N–H and O–H groups in total. The summed E-state index contributed by atoms with van der Waals surface area (Å²) in [6, 6.07) is 3.90. The first kappa shape index (κ1) is 9.29. The predicted octanol–water partition coefficient (Wildman–Crippen LogP) is 0.684. The van der Waals surface area contributed by atoms with Crippen molar-refractivity contribution in [2.45, 2.75) is 6.10 Å². The van der Waals surface area contributed by atoms with Gasteiger partial charge in [0.15, 0.2) is 0 Å². The van der Waals surface area contributed by atoms with Gasteiger partial charge in [0.1, 0.15) is 0 Å². The van der Waals surface area contributed by atoms with Crippen LogP contribution in [-0.2, 0) is 0 Å². The molecule has 0 amide bonds. The van der Waals surface area contributed by atoms with E-state index in [4.69, 9.17) is 5.11 Å². The fourth-order valence-corrected chi connectivity index (χ4v) is 1.22. The molecule has 0 atom stereocenters. The highest BCUT2D eigenvalue weighted by molar-refractivity contribution is 5.85. The smallest absolute Gasteiger partial charge is 0.0889 e. The van der Waals surface area contributed by atoms with E-state index in [0.29, 0.717) is 0 Å². The molecule has 0 unspecified atom stereocenters. The Morgan fingerprint density at radius 2 is 1.92 bits per heavy atom.